The third-order valence-corrected chi connectivity index (χ3v) is 3.51. The molecular formula is C16H10ClFN2. The highest BCUT2D eigenvalue weighted by Crippen LogP contribution is 2.22. The highest BCUT2D eigenvalue weighted by Gasteiger charge is 2.09. The minimum atomic E-state index is -0.453. The van der Waals surface area contributed by atoms with E-state index in [-0.39, 0.29) is 5.56 Å². The Morgan fingerprint density at radius 1 is 1.20 bits per heavy atom. The van der Waals surface area contributed by atoms with E-state index in [1.54, 1.807) is 12.1 Å². The molecule has 3 aromatic rings. The number of benzene rings is 2. The quantitative estimate of drug-likeness (QED) is 0.687. The molecule has 0 atom stereocenters. The fraction of sp³-hybridized carbons (Fsp3) is 0.0625. The van der Waals surface area contributed by atoms with Gasteiger partial charge in [0, 0.05) is 27.7 Å². The maximum Gasteiger partial charge on any atom is 0.145 e. The van der Waals surface area contributed by atoms with Crippen molar-refractivity contribution >= 4 is 22.5 Å². The van der Waals surface area contributed by atoms with Crippen LogP contribution in [-0.2, 0) is 6.54 Å². The Hall–Kier alpha value is -2.31. The van der Waals surface area contributed by atoms with Gasteiger partial charge in [-0.15, -0.1) is 0 Å². The monoisotopic (exact) mass is 284 g/mol. The normalized spacial score (nSPS) is 10.7. The van der Waals surface area contributed by atoms with Gasteiger partial charge in [0.1, 0.15) is 11.9 Å². The average molecular weight is 285 g/mol. The molecule has 1 aromatic heterocycles. The summed E-state index contributed by atoms with van der Waals surface area (Å²) in [7, 11) is 0. The van der Waals surface area contributed by atoms with E-state index in [0.717, 1.165) is 10.9 Å². The molecule has 0 unspecified atom stereocenters. The summed E-state index contributed by atoms with van der Waals surface area (Å²) < 4.78 is 16.0. The van der Waals surface area contributed by atoms with E-state index < -0.39 is 5.82 Å². The first-order chi connectivity index (χ1) is 9.69. The molecule has 1 heterocycles. The van der Waals surface area contributed by atoms with Gasteiger partial charge in [-0.3, -0.25) is 0 Å². The molecule has 2 aromatic carbocycles. The van der Waals surface area contributed by atoms with Crippen LogP contribution < -0.4 is 0 Å². The van der Waals surface area contributed by atoms with Crippen LogP contribution in [0.25, 0.3) is 10.9 Å². The van der Waals surface area contributed by atoms with Crippen molar-refractivity contribution in [3.63, 3.8) is 0 Å². The number of fused-ring (bicyclic) bond motifs is 1. The molecule has 0 amide bonds. The predicted molar refractivity (Wildman–Crippen MR) is 77.2 cm³/mol. The highest BCUT2D eigenvalue weighted by atomic mass is 35.5. The Morgan fingerprint density at radius 3 is 2.85 bits per heavy atom. The summed E-state index contributed by atoms with van der Waals surface area (Å²) in [5, 5.41) is 10.5. The standard InChI is InChI=1S/C16H10ClFN2/c17-14-4-5-15-11(8-14)6-7-20(15)10-13-3-1-2-12(9-19)16(13)18/h1-8H,10H2. The van der Waals surface area contributed by atoms with Crippen molar-refractivity contribution in [3.05, 3.63) is 70.6 Å². The van der Waals surface area contributed by atoms with E-state index in [1.807, 2.05) is 41.1 Å². The van der Waals surface area contributed by atoms with Crippen LogP contribution in [0.5, 0.6) is 0 Å². The van der Waals surface area contributed by atoms with E-state index in [9.17, 15) is 4.39 Å². The Kier molecular flexibility index (Phi) is 3.17. The maximum atomic E-state index is 14.1. The molecule has 0 saturated heterocycles. The lowest BCUT2D eigenvalue weighted by atomic mass is 10.1. The van der Waals surface area contributed by atoms with Gasteiger partial charge in [0.25, 0.3) is 0 Å². The van der Waals surface area contributed by atoms with Gasteiger partial charge in [-0.1, -0.05) is 23.7 Å². The van der Waals surface area contributed by atoms with Gasteiger partial charge in [0.15, 0.2) is 0 Å². The zero-order valence-corrected chi connectivity index (χ0v) is 11.2. The van der Waals surface area contributed by atoms with Gasteiger partial charge < -0.3 is 4.57 Å². The van der Waals surface area contributed by atoms with E-state index in [4.69, 9.17) is 16.9 Å². The van der Waals surface area contributed by atoms with E-state index in [1.165, 1.54) is 6.07 Å². The number of aromatic nitrogens is 1. The SMILES string of the molecule is N#Cc1cccc(Cn2ccc3cc(Cl)ccc32)c1F. The van der Waals surface area contributed by atoms with Gasteiger partial charge in [-0.2, -0.15) is 5.26 Å². The molecule has 98 valence electrons. The van der Waals surface area contributed by atoms with Crippen LogP contribution in [0.1, 0.15) is 11.1 Å². The molecule has 0 spiro atoms. The third-order valence-electron chi connectivity index (χ3n) is 3.27. The summed E-state index contributed by atoms with van der Waals surface area (Å²) in [6, 6.07) is 14.2. The van der Waals surface area contributed by atoms with Crippen molar-refractivity contribution in [3.8, 4) is 6.07 Å². The lowest BCUT2D eigenvalue weighted by Crippen LogP contribution is -2.01. The van der Waals surface area contributed by atoms with E-state index in [0.29, 0.717) is 17.1 Å². The Labute approximate surface area is 120 Å². The molecule has 2 nitrogen and oxygen atoms in total. The van der Waals surface area contributed by atoms with Gasteiger partial charge in [-0.05, 0) is 30.3 Å². The zero-order chi connectivity index (χ0) is 14.1. The molecule has 0 bridgehead atoms. The number of nitrogens with zero attached hydrogens (tertiary/aromatic N) is 2. The second kappa shape index (κ2) is 4.99. The Balaban J connectivity index is 2.04. The Bertz CT molecular complexity index is 830. The number of rotatable bonds is 2. The fourth-order valence-corrected chi connectivity index (χ4v) is 2.46. The zero-order valence-electron chi connectivity index (χ0n) is 10.5. The summed E-state index contributed by atoms with van der Waals surface area (Å²) in [6.45, 7) is 0.381. The van der Waals surface area contributed by atoms with Crippen LogP contribution in [0.4, 0.5) is 4.39 Å². The van der Waals surface area contributed by atoms with Crippen LogP contribution >= 0.6 is 11.6 Å². The van der Waals surface area contributed by atoms with Crippen LogP contribution in [0.3, 0.4) is 0 Å². The second-order valence-corrected chi connectivity index (χ2v) is 4.97. The largest absolute Gasteiger partial charge is 0.343 e. The van der Waals surface area contributed by atoms with Gasteiger partial charge in [0.2, 0.25) is 0 Å². The molecule has 0 aliphatic carbocycles. The molecule has 0 aliphatic heterocycles. The molecule has 20 heavy (non-hydrogen) atoms. The van der Waals surface area contributed by atoms with Gasteiger partial charge >= 0.3 is 0 Å². The average Bonchev–Trinajstić information content (AvgIpc) is 2.83. The van der Waals surface area contributed by atoms with E-state index >= 15 is 0 Å². The van der Waals surface area contributed by atoms with Crippen molar-refractivity contribution in [1.29, 1.82) is 5.26 Å². The summed E-state index contributed by atoms with van der Waals surface area (Å²) in [4.78, 5) is 0. The minimum Gasteiger partial charge on any atom is -0.343 e. The van der Waals surface area contributed by atoms with Crippen LogP contribution in [0.15, 0.2) is 48.7 Å². The second-order valence-electron chi connectivity index (χ2n) is 4.54. The molecule has 0 N–H and O–H groups in total. The lowest BCUT2D eigenvalue weighted by Gasteiger charge is -2.07. The molecule has 3 rings (SSSR count). The number of nitriles is 1. The van der Waals surface area contributed by atoms with Gasteiger partial charge in [-0.25, -0.2) is 4.39 Å². The summed E-state index contributed by atoms with van der Waals surface area (Å²) in [5.41, 5.74) is 1.55. The van der Waals surface area contributed by atoms with Crippen molar-refractivity contribution in [2.75, 3.05) is 0 Å². The molecule has 0 saturated carbocycles. The van der Waals surface area contributed by atoms with Crippen LogP contribution in [-0.4, -0.2) is 4.57 Å². The first-order valence-corrected chi connectivity index (χ1v) is 6.49. The van der Waals surface area contributed by atoms with Crippen LogP contribution in [0.2, 0.25) is 5.02 Å². The lowest BCUT2D eigenvalue weighted by molar-refractivity contribution is 0.598. The summed E-state index contributed by atoms with van der Waals surface area (Å²) >= 11 is 5.95. The van der Waals surface area contributed by atoms with Crippen molar-refractivity contribution in [1.82, 2.24) is 4.57 Å². The summed E-state index contributed by atoms with van der Waals surface area (Å²) in [5.74, 6) is -0.453. The molecule has 0 radical (unpaired) electrons. The maximum absolute atomic E-state index is 14.1. The molecule has 0 aliphatic rings. The number of hydrogen-bond donors (Lipinski definition) is 0. The minimum absolute atomic E-state index is 0.0713. The molecular weight excluding hydrogens is 275 g/mol. The highest BCUT2D eigenvalue weighted by molar-refractivity contribution is 6.31. The number of halogens is 2. The van der Waals surface area contributed by atoms with Crippen molar-refractivity contribution in [2.45, 2.75) is 6.54 Å². The predicted octanol–water partition coefficient (Wildman–Crippen LogP) is 4.35. The van der Waals surface area contributed by atoms with E-state index in [2.05, 4.69) is 0 Å². The van der Waals surface area contributed by atoms with Crippen molar-refractivity contribution in [2.24, 2.45) is 0 Å². The topological polar surface area (TPSA) is 28.7 Å². The number of hydrogen-bond acceptors (Lipinski definition) is 1. The molecule has 0 fully saturated rings. The fourth-order valence-electron chi connectivity index (χ4n) is 2.28. The first kappa shape index (κ1) is 12.7. The smallest absolute Gasteiger partial charge is 0.145 e. The first-order valence-electron chi connectivity index (χ1n) is 6.11. The van der Waals surface area contributed by atoms with Gasteiger partial charge in [0.05, 0.1) is 12.1 Å². The molecule has 4 heteroatoms. The third kappa shape index (κ3) is 2.15. The van der Waals surface area contributed by atoms with Crippen molar-refractivity contribution < 1.29 is 4.39 Å². The Morgan fingerprint density at radius 2 is 2.05 bits per heavy atom. The van der Waals surface area contributed by atoms with Crippen LogP contribution in [0, 0.1) is 17.1 Å². The summed E-state index contributed by atoms with van der Waals surface area (Å²) in [6.07, 6.45) is 1.89.